The molecule has 1 unspecified atom stereocenters. The summed E-state index contributed by atoms with van der Waals surface area (Å²) in [5.74, 6) is 0.716. The fraction of sp³-hybridized carbons (Fsp3) is 0.655. The number of hydrogen-bond donors (Lipinski definition) is 1. The zero-order valence-electron chi connectivity index (χ0n) is 20.4. The van der Waals surface area contributed by atoms with Crippen LogP contribution in [0.2, 0.25) is 0 Å². The molecule has 3 heterocycles. The van der Waals surface area contributed by atoms with Gasteiger partial charge >= 0.3 is 11.9 Å². The van der Waals surface area contributed by atoms with Gasteiger partial charge in [-0.3, -0.25) is 9.69 Å². The first-order valence-corrected chi connectivity index (χ1v) is 13.3. The van der Waals surface area contributed by atoms with Crippen LogP contribution in [0.3, 0.4) is 0 Å². The van der Waals surface area contributed by atoms with E-state index < -0.39 is 18.3 Å². The van der Waals surface area contributed by atoms with Crippen molar-refractivity contribution in [2.45, 2.75) is 69.9 Å². The molecule has 0 radical (unpaired) electrons. The van der Waals surface area contributed by atoms with Crippen LogP contribution in [0.15, 0.2) is 42.5 Å². The Bertz CT molecular complexity index is 1180. The molecule has 0 amide bonds. The molecule has 1 N–H and O–H groups in total. The maximum absolute atomic E-state index is 13.2. The Morgan fingerprint density at radius 1 is 1.14 bits per heavy atom. The lowest BCUT2D eigenvalue weighted by Gasteiger charge is -2.66. The average molecular weight is 476 g/mol. The van der Waals surface area contributed by atoms with Crippen molar-refractivity contribution in [2.75, 3.05) is 6.54 Å². The number of piperidine rings is 2. The van der Waals surface area contributed by atoms with Gasteiger partial charge in [-0.1, -0.05) is 31.7 Å². The number of carbonyl (C=O) groups is 2. The summed E-state index contributed by atoms with van der Waals surface area (Å²) in [7, 11) is 0. The van der Waals surface area contributed by atoms with Gasteiger partial charge in [-0.25, -0.2) is 4.79 Å². The second kappa shape index (κ2) is 6.20. The molecule has 9 bridgehead atoms. The Hall–Kier alpha value is -2.18. The van der Waals surface area contributed by atoms with Crippen LogP contribution >= 0.6 is 0 Å². The molecule has 184 valence electrons. The lowest BCUT2D eigenvalue weighted by molar-refractivity contribution is -0.234. The van der Waals surface area contributed by atoms with Crippen molar-refractivity contribution in [3.63, 3.8) is 0 Å². The van der Waals surface area contributed by atoms with Crippen molar-refractivity contribution in [2.24, 2.45) is 39.9 Å². The first kappa shape index (κ1) is 21.0. The third-order valence-electron chi connectivity index (χ3n) is 11.9. The third-order valence-corrected chi connectivity index (χ3v) is 11.9. The molecule has 2 spiro atoms. The van der Waals surface area contributed by atoms with Crippen molar-refractivity contribution in [1.82, 2.24) is 4.90 Å². The second-order valence-electron chi connectivity index (χ2n) is 13.0. The molecule has 1 aromatic rings. The van der Waals surface area contributed by atoms with Gasteiger partial charge in [0.2, 0.25) is 0 Å². The standard InChI is InChI=1S/C29H33NO5/c1-14-17-9-18-23-29-21(10-17)28(18,24(14)32)11-19-22(29)27(3,13-30(19)23)12-20(25(29)34-15(2)31)35-26(33)16-7-5-4-6-8-16/h4-8,17-25,32H,1,9-13H2,2-3H3/t17-,18+,19-,20-,21+,22+,23+,24+,25+,27+,28+,29-/m0/s1. The molecule has 3 aliphatic heterocycles. The van der Waals surface area contributed by atoms with E-state index in [1.807, 2.05) is 18.2 Å². The van der Waals surface area contributed by atoms with Gasteiger partial charge in [0.25, 0.3) is 0 Å². The maximum atomic E-state index is 13.2. The van der Waals surface area contributed by atoms with Crippen LogP contribution < -0.4 is 0 Å². The van der Waals surface area contributed by atoms with Crippen LogP contribution in [0.4, 0.5) is 0 Å². The van der Waals surface area contributed by atoms with Crippen molar-refractivity contribution in [3.8, 4) is 0 Å². The van der Waals surface area contributed by atoms with Crippen LogP contribution in [0, 0.1) is 39.9 Å². The predicted octanol–water partition coefficient (Wildman–Crippen LogP) is 3.20. The molecule has 9 fully saturated rings. The van der Waals surface area contributed by atoms with E-state index in [-0.39, 0.29) is 40.1 Å². The Morgan fingerprint density at radius 3 is 2.66 bits per heavy atom. The summed E-state index contributed by atoms with van der Waals surface area (Å²) in [6, 6.07) is 9.79. The van der Waals surface area contributed by atoms with Gasteiger partial charge in [0.1, 0.15) is 12.2 Å². The Kier molecular flexibility index (Phi) is 3.71. The van der Waals surface area contributed by atoms with E-state index in [4.69, 9.17) is 9.47 Å². The number of aliphatic hydroxyl groups excluding tert-OH is 1. The Labute approximate surface area is 205 Å². The number of hydrogen-bond acceptors (Lipinski definition) is 6. The molecule has 3 saturated heterocycles. The summed E-state index contributed by atoms with van der Waals surface area (Å²) in [6.07, 6.45) is 2.38. The summed E-state index contributed by atoms with van der Waals surface area (Å²) in [4.78, 5) is 28.6. The van der Waals surface area contributed by atoms with E-state index in [9.17, 15) is 14.7 Å². The van der Waals surface area contributed by atoms with Gasteiger partial charge in [-0.15, -0.1) is 0 Å². The molecular weight excluding hydrogens is 442 g/mol. The van der Waals surface area contributed by atoms with Crippen LogP contribution in [-0.2, 0) is 14.3 Å². The van der Waals surface area contributed by atoms with Crippen molar-refractivity contribution in [3.05, 3.63) is 48.0 Å². The average Bonchev–Trinajstić information content (AvgIpc) is 3.24. The lowest BCUT2D eigenvalue weighted by atomic mass is 9.39. The van der Waals surface area contributed by atoms with Gasteiger partial charge in [-0.05, 0) is 72.5 Å². The quantitative estimate of drug-likeness (QED) is 0.535. The number of rotatable bonds is 3. The molecule has 6 nitrogen and oxygen atoms in total. The molecular formula is C29H33NO5. The minimum atomic E-state index is -0.482. The van der Waals surface area contributed by atoms with Crippen LogP contribution in [0.5, 0.6) is 0 Å². The van der Waals surface area contributed by atoms with Gasteiger partial charge in [0.15, 0.2) is 0 Å². The highest BCUT2D eigenvalue weighted by atomic mass is 16.6. The third kappa shape index (κ3) is 2.07. The topological polar surface area (TPSA) is 76.1 Å². The van der Waals surface area contributed by atoms with Crippen LogP contribution in [0.1, 0.15) is 49.9 Å². The molecule has 13 atom stereocenters. The number of carbonyl (C=O) groups excluding carboxylic acids is 2. The van der Waals surface area contributed by atoms with Gasteiger partial charge in [0, 0.05) is 36.4 Å². The number of ether oxygens (including phenoxy) is 2. The molecule has 6 aliphatic carbocycles. The summed E-state index contributed by atoms with van der Waals surface area (Å²) in [5.41, 5.74) is 1.09. The summed E-state index contributed by atoms with van der Waals surface area (Å²) < 4.78 is 12.5. The van der Waals surface area contributed by atoms with Crippen molar-refractivity contribution < 1.29 is 24.2 Å². The minimum Gasteiger partial charge on any atom is -0.458 e. The predicted molar refractivity (Wildman–Crippen MR) is 126 cm³/mol. The maximum Gasteiger partial charge on any atom is 0.338 e. The van der Waals surface area contributed by atoms with Crippen LogP contribution in [-0.4, -0.2) is 58.9 Å². The Morgan fingerprint density at radius 2 is 1.91 bits per heavy atom. The first-order valence-electron chi connectivity index (χ1n) is 13.3. The second-order valence-corrected chi connectivity index (χ2v) is 13.0. The summed E-state index contributed by atoms with van der Waals surface area (Å²) >= 11 is 0. The van der Waals surface area contributed by atoms with E-state index in [1.165, 1.54) is 6.92 Å². The molecule has 9 aliphatic rings. The van der Waals surface area contributed by atoms with E-state index in [0.29, 0.717) is 35.8 Å². The van der Waals surface area contributed by atoms with Crippen LogP contribution in [0.25, 0.3) is 0 Å². The molecule has 1 aromatic carbocycles. The highest BCUT2D eigenvalue weighted by Gasteiger charge is 2.91. The Balaban J connectivity index is 1.29. The highest BCUT2D eigenvalue weighted by molar-refractivity contribution is 5.89. The highest BCUT2D eigenvalue weighted by Crippen LogP contribution is 2.87. The minimum absolute atomic E-state index is 0.000253. The zero-order chi connectivity index (χ0) is 24.1. The lowest BCUT2D eigenvalue weighted by Crippen LogP contribution is -2.69. The normalized spacial score (nSPS) is 55.3. The summed E-state index contributed by atoms with van der Waals surface area (Å²) in [5, 5.41) is 11.7. The largest absolute Gasteiger partial charge is 0.458 e. The molecule has 0 aromatic heterocycles. The van der Waals surface area contributed by atoms with E-state index in [0.717, 1.165) is 31.4 Å². The SMILES string of the molecule is C=C1[C@H]2C[C@@H]3[C@H]4N5C[C@@]6(C)C[C@H](OC(=O)c7ccccc7)[C@@H](OC(C)=O)[C@@]47[C@@H]6[C@@H]5C[C@]3([C@@H]1O)[C@H]7C2. The van der Waals surface area contributed by atoms with E-state index in [1.54, 1.807) is 12.1 Å². The molecule has 35 heavy (non-hydrogen) atoms. The van der Waals surface area contributed by atoms with E-state index >= 15 is 0 Å². The van der Waals surface area contributed by atoms with Gasteiger partial charge in [0.05, 0.1) is 11.7 Å². The number of nitrogens with zero attached hydrogens (tertiary/aromatic N) is 1. The number of aliphatic hydroxyl groups is 1. The van der Waals surface area contributed by atoms with Crippen molar-refractivity contribution >= 4 is 11.9 Å². The fourth-order valence-electron chi connectivity index (χ4n) is 11.6. The van der Waals surface area contributed by atoms with Gasteiger partial charge in [-0.2, -0.15) is 0 Å². The number of fused-ring (bicyclic) bond motifs is 1. The molecule has 10 rings (SSSR count). The van der Waals surface area contributed by atoms with Gasteiger partial charge < -0.3 is 14.6 Å². The number of benzene rings is 1. The first-order chi connectivity index (χ1) is 16.7. The fourth-order valence-corrected chi connectivity index (χ4v) is 11.6. The zero-order valence-corrected chi connectivity index (χ0v) is 20.4. The van der Waals surface area contributed by atoms with Crippen molar-refractivity contribution in [1.29, 1.82) is 0 Å². The van der Waals surface area contributed by atoms with E-state index in [2.05, 4.69) is 18.4 Å². The molecule has 6 heteroatoms. The molecule has 6 saturated carbocycles. The summed E-state index contributed by atoms with van der Waals surface area (Å²) in [6.45, 7) is 9.18. The monoisotopic (exact) mass is 475 g/mol. The smallest absolute Gasteiger partial charge is 0.338 e. The number of esters is 2.